The summed E-state index contributed by atoms with van der Waals surface area (Å²) in [5.41, 5.74) is 4.81. The molecular weight excluding hydrogens is 248 g/mol. The Morgan fingerprint density at radius 1 is 1.11 bits per heavy atom. The Hall–Kier alpha value is -2.37. The van der Waals surface area contributed by atoms with Gasteiger partial charge in [-0.1, -0.05) is 25.1 Å². The number of carbonyl (C=O) groups is 3. The van der Waals surface area contributed by atoms with Crippen LogP contribution >= 0.6 is 0 Å². The summed E-state index contributed by atoms with van der Waals surface area (Å²) in [6, 6.07) is 8.43. The van der Waals surface area contributed by atoms with Gasteiger partial charge in [-0.25, -0.2) is 0 Å². The lowest BCUT2D eigenvalue weighted by Crippen LogP contribution is -2.43. The van der Waals surface area contributed by atoms with Gasteiger partial charge in [0, 0.05) is 12.0 Å². The van der Waals surface area contributed by atoms with Gasteiger partial charge in [0.2, 0.25) is 0 Å². The molecule has 1 aromatic rings. The van der Waals surface area contributed by atoms with Crippen molar-refractivity contribution in [2.24, 2.45) is 0 Å². The molecule has 0 unspecified atom stereocenters. The molecule has 0 aromatic heterocycles. The van der Waals surface area contributed by atoms with E-state index >= 15 is 0 Å². The maximum absolute atomic E-state index is 11.6. The highest BCUT2D eigenvalue weighted by atomic mass is 16.5. The Labute approximate surface area is 111 Å². The number of esters is 1. The van der Waals surface area contributed by atoms with Crippen molar-refractivity contribution in [2.75, 3.05) is 6.61 Å². The van der Waals surface area contributed by atoms with Gasteiger partial charge in [-0.15, -0.1) is 0 Å². The topological polar surface area (TPSA) is 84.5 Å². The summed E-state index contributed by atoms with van der Waals surface area (Å²) < 4.78 is 4.68. The fourth-order valence-electron chi connectivity index (χ4n) is 1.25. The summed E-state index contributed by atoms with van der Waals surface area (Å²) in [6.07, 6.45) is 0.925. The molecule has 0 aliphatic carbocycles. The van der Waals surface area contributed by atoms with Crippen molar-refractivity contribution < 1.29 is 19.1 Å². The average Bonchev–Trinajstić information content (AvgIpc) is 2.44. The molecule has 0 atom stereocenters. The average molecular weight is 264 g/mol. The van der Waals surface area contributed by atoms with Crippen LogP contribution in [0.4, 0.5) is 0 Å². The molecule has 1 rings (SSSR count). The molecule has 0 bridgehead atoms. The van der Waals surface area contributed by atoms with Crippen LogP contribution in [0.2, 0.25) is 0 Å². The van der Waals surface area contributed by atoms with Crippen LogP contribution < -0.4 is 10.9 Å². The number of amides is 2. The maximum Gasteiger partial charge on any atom is 0.306 e. The zero-order valence-electron chi connectivity index (χ0n) is 10.6. The number of hydrogen-bond donors (Lipinski definition) is 2. The first-order valence-corrected chi connectivity index (χ1v) is 5.93. The normalized spacial score (nSPS) is 9.53. The molecule has 102 valence electrons. The Bertz CT molecular complexity index is 445. The van der Waals surface area contributed by atoms with Gasteiger partial charge in [0.05, 0.1) is 0 Å². The minimum atomic E-state index is -0.589. The van der Waals surface area contributed by atoms with Gasteiger partial charge in [-0.3, -0.25) is 25.2 Å². The number of nitrogens with one attached hydrogen (secondary N) is 2. The summed E-state index contributed by atoms with van der Waals surface area (Å²) in [7, 11) is 0. The summed E-state index contributed by atoms with van der Waals surface area (Å²) in [4.78, 5) is 33.9. The summed E-state index contributed by atoms with van der Waals surface area (Å²) in [5, 5.41) is 0. The van der Waals surface area contributed by atoms with E-state index in [4.69, 9.17) is 0 Å². The van der Waals surface area contributed by atoms with Crippen LogP contribution in [0.3, 0.4) is 0 Å². The van der Waals surface area contributed by atoms with Gasteiger partial charge < -0.3 is 4.74 Å². The lowest BCUT2D eigenvalue weighted by molar-refractivity contribution is -0.148. The van der Waals surface area contributed by atoms with E-state index < -0.39 is 24.4 Å². The van der Waals surface area contributed by atoms with Crippen molar-refractivity contribution in [3.05, 3.63) is 35.9 Å². The summed E-state index contributed by atoms with van der Waals surface area (Å²) in [5.74, 6) is -1.46. The van der Waals surface area contributed by atoms with Crippen LogP contribution in [0.25, 0.3) is 0 Å². The molecule has 6 heteroatoms. The number of ether oxygens (including phenoxy) is 1. The van der Waals surface area contributed by atoms with Crippen molar-refractivity contribution >= 4 is 17.8 Å². The van der Waals surface area contributed by atoms with E-state index in [1.807, 2.05) is 6.92 Å². The molecule has 2 N–H and O–H groups in total. The van der Waals surface area contributed by atoms with E-state index in [0.717, 1.165) is 0 Å². The van der Waals surface area contributed by atoms with Gasteiger partial charge in [0.25, 0.3) is 11.8 Å². The molecule has 1 aromatic carbocycles. The second-order valence-electron chi connectivity index (χ2n) is 3.78. The first-order chi connectivity index (χ1) is 9.13. The van der Waals surface area contributed by atoms with Crippen LogP contribution in [-0.4, -0.2) is 24.4 Å². The fraction of sp³-hybridized carbons (Fsp3) is 0.308. The van der Waals surface area contributed by atoms with Crippen molar-refractivity contribution in [3.63, 3.8) is 0 Å². The van der Waals surface area contributed by atoms with E-state index in [-0.39, 0.29) is 6.42 Å². The standard InChI is InChI=1S/C13H16N2O4/c1-2-6-12(17)19-9-11(16)14-15-13(18)10-7-4-3-5-8-10/h3-5,7-8H,2,6,9H2,1H3,(H,14,16)(H,15,18). The Morgan fingerprint density at radius 2 is 1.79 bits per heavy atom. The van der Waals surface area contributed by atoms with Crippen LogP contribution in [0, 0.1) is 0 Å². The van der Waals surface area contributed by atoms with Crippen LogP contribution in [0.5, 0.6) is 0 Å². The quantitative estimate of drug-likeness (QED) is 0.608. The van der Waals surface area contributed by atoms with Gasteiger partial charge in [-0.2, -0.15) is 0 Å². The number of rotatable bonds is 5. The zero-order valence-corrected chi connectivity index (χ0v) is 10.6. The van der Waals surface area contributed by atoms with Crippen molar-refractivity contribution in [1.82, 2.24) is 10.9 Å². The van der Waals surface area contributed by atoms with Gasteiger partial charge in [-0.05, 0) is 18.6 Å². The molecule has 0 aliphatic rings. The predicted molar refractivity (Wildman–Crippen MR) is 67.9 cm³/mol. The first-order valence-electron chi connectivity index (χ1n) is 5.93. The third-order valence-corrected chi connectivity index (χ3v) is 2.17. The highest BCUT2D eigenvalue weighted by molar-refractivity contribution is 5.95. The largest absolute Gasteiger partial charge is 0.455 e. The number of benzene rings is 1. The lowest BCUT2D eigenvalue weighted by Gasteiger charge is -2.07. The van der Waals surface area contributed by atoms with E-state index in [1.54, 1.807) is 30.3 Å². The summed E-state index contributed by atoms with van der Waals surface area (Å²) >= 11 is 0. The fourth-order valence-corrected chi connectivity index (χ4v) is 1.25. The second-order valence-corrected chi connectivity index (χ2v) is 3.78. The van der Waals surface area contributed by atoms with E-state index in [0.29, 0.717) is 12.0 Å². The molecule has 0 aliphatic heterocycles. The molecule has 2 amide bonds. The minimum Gasteiger partial charge on any atom is -0.455 e. The van der Waals surface area contributed by atoms with E-state index in [2.05, 4.69) is 15.6 Å². The van der Waals surface area contributed by atoms with Gasteiger partial charge >= 0.3 is 5.97 Å². The van der Waals surface area contributed by atoms with Crippen LogP contribution in [0.1, 0.15) is 30.1 Å². The molecular formula is C13H16N2O4. The third kappa shape index (κ3) is 5.67. The van der Waals surface area contributed by atoms with Crippen molar-refractivity contribution in [2.45, 2.75) is 19.8 Å². The minimum absolute atomic E-state index is 0.268. The molecule has 19 heavy (non-hydrogen) atoms. The van der Waals surface area contributed by atoms with Gasteiger partial charge in [0.15, 0.2) is 6.61 Å². The Kier molecular flexibility index (Phi) is 6.08. The number of carbonyl (C=O) groups excluding carboxylic acids is 3. The second kappa shape index (κ2) is 7.86. The molecule has 6 nitrogen and oxygen atoms in total. The number of hydrogen-bond acceptors (Lipinski definition) is 4. The molecule has 0 radical (unpaired) electrons. The summed E-state index contributed by atoms with van der Waals surface area (Å²) in [6.45, 7) is 1.43. The number of hydrazine groups is 1. The lowest BCUT2D eigenvalue weighted by atomic mass is 10.2. The van der Waals surface area contributed by atoms with E-state index in [1.165, 1.54) is 0 Å². The van der Waals surface area contributed by atoms with E-state index in [9.17, 15) is 14.4 Å². The highest BCUT2D eigenvalue weighted by Crippen LogP contribution is 1.96. The van der Waals surface area contributed by atoms with Crippen LogP contribution in [0.15, 0.2) is 30.3 Å². The smallest absolute Gasteiger partial charge is 0.306 e. The van der Waals surface area contributed by atoms with Crippen molar-refractivity contribution in [3.8, 4) is 0 Å². The molecule has 0 fully saturated rings. The molecule has 0 heterocycles. The molecule has 0 spiro atoms. The maximum atomic E-state index is 11.6. The SMILES string of the molecule is CCCC(=O)OCC(=O)NNC(=O)c1ccccc1. The van der Waals surface area contributed by atoms with Crippen molar-refractivity contribution in [1.29, 1.82) is 0 Å². The Balaban J connectivity index is 2.27. The monoisotopic (exact) mass is 264 g/mol. The predicted octanol–water partition coefficient (Wildman–Crippen LogP) is 0.791. The molecule has 0 saturated heterocycles. The Morgan fingerprint density at radius 3 is 2.42 bits per heavy atom. The highest BCUT2D eigenvalue weighted by Gasteiger charge is 2.08. The third-order valence-electron chi connectivity index (χ3n) is 2.17. The first kappa shape index (κ1) is 14.7. The molecule has 0 saturated carbocycles. The zero-order chi connectivity index (χ0) is 14.1. The van der Waals surface area contributed by atoms with Gasteiger partial charge in [0.1, 0.15) is 0 Å². The van der Waals surface area contributed by atoms with Crippen LogP contribution in [-0.2, 0) is 14.3 Å².